The van der Waals surface area contributed by atoms with Crippen molar-refractivity contribution in [1.82, 2.24) is 0 Å². The molecule has 0 bridgehead atoms. The number of thioether (sulfide) groups is 1. The zero-order valence-corrected chi connectivity index (χ0v) is 16.5. The van der Waals surface area contributed by atoms with Crippen LogP contribution in [-0.2, 0) is 5.75 Å². The Hall–Kier alpha value is -3.25. The van der Waals surface area contributed by atoms with Crippen LogP contribution in [-0.4, -0.2) is 10.7 Å². The smallest absolute Gasteiger partial charge is 0.269 e. The average Bonchev–Trinajstić information content (AvgIpc) is 2.72. The summed E-state index contributed by atoms with van der Waals surface area (Å²) in [5.41, 5.74) is 3.28. The molecule has 0 aliphatic carbocycles. The summed E-state index contributed by atoms with van der Waals surface area (Å²) >= 11 is 1.38. The Kier molecular flexibility index (Phi) is 6.57. The van der Waals surface area contributed by atoms with Gasteiger partial charge in [0, 0.05) is 23.4 Å². The molecule has 3 rings (SSSR count). The summed E-state index contributed by atoms with van der Waals surface area (Å²) < 4.78 is 13.2. The highest BCUT2D eigenvalue weighted by molar-refractivity contribution is 8.03. The molecule has 0 radical (unpaired) electrons. The molecular weight excluding hydrogens is 389 g/mol. The van der Waals surface area contributed by atoms with Crippen molar-refractivity contribution in [2.45, 2.75) is 12.7 Å². The van der Waals surface area contributed by atoms with Crippen LogP contribution in [0.25, 0.3) is 6.08 Å². The van der Waals surface area contributed by atoms with E-state index in [1.807, 2.05) is 31.2 Å². The number of rotatable bonds is 7. The van der Waals surface area contributed by atoms with Gasteiger partial charge < -0.3 is 0 Å². The first-order valence-corrected chi connectivity index (χ1v) is 9.86. The second-order valence-electron chi connectivity index (χ2n) is 6.47. The number of hydrogen-bond donors (Lipinski definition) is 0. The normalized spacial score (nSPS) is 11.3. The molecule has 0 saturated carbocycles. The fraction of sp³-hybridized carbons (Fsp3) is 0.0870. The van der Waals surface area contributed by atoms with Gasteiger partial charge in [0.05, 0.1) is 9.83 Å². The van der Waals surface area contributed by atoms with Crippen molar-refractivity contribution in [2.75, 3.05) is 0 Å². The predicted octanol–water partition coefficient (Wildman–Crippen LogP) is 6.20. The van der Waals surface area contributed by atoms with Crippen molar-refractivity contribution in [2.24, 2.45) is 0 Å². The molecule has 3 aromatic carbocycles. The van der Waals surface area contributed by atoms with Gasteiger partial charge in [0.2, 0.25) is 0 Å². The Morgan fingerprint density at radius 2 is 1.62 bits per heavy atom. The van der Waals surface area contributed by atoms with Gasteiger partial charge >= 0.3 is 0 Å². The van der Waals surface area contributed by atoms with Crippen molar-refractivity contribution >= 4 is 29.3 Å². The van der Waals surface area contributed by atoms with Crippen molar-refractivity contribution in [3.8, 4) is 0 Å². The molecule has 0 saturated heterocycles. The van der Waals surface area contributed by atoms with E-state index in [4.69, 9.17) is 0 Å². The molecule has 0 aliphatic rings. The zero-order chi connectivity index (χ0) is 20.8. The second kappa shape index (κ2) is 9.30. The molecule has 0 fully saturated rings. The van der Waals surface area contributed by atoms with E-state index in [0.29, 0.717) is 21.8 Å². The lowest BCUT2D eigenvalue weighted by Gasteiger charge is -2.08. The zero-order valence-electron chi connectivity index (χ0n) is 15.7. The third-order valence-electron chi connectivity index (χ3n) is 4.25. The summed E-state index contributed by atoms with van der Waals surface area (Å²) in [5.74, 6) is -0.0401. The molecule has 3 aromatic rings. The van der Waals surface area contributed by atoms with Crippen LogP contribution in [0.2, 0.25) is 0 Å². The Labute approximate surface area is 172 Å². The van der Waals surface area contributed by atoms with E-state index in [2.05, 4.69) is 0 Å². The molecule has 0 unspecified atom stereocenters. The van der Waals surface area contributed by atoms with E-state index < -0.39 is 10.7 Å². The third-order valence-corrected chi connectivity index (χ3v) is 5.34. The monoisotopic (exact) mass is 407 g/mol. The highest BCUT2D eigenvalue weighted by atomic mass is 32.2. The summed E-state index contributed by atoms with van der Waals surface area (Å²) in [6, 6.07) is 19.4. The van der Waals surface area contributed by atoms with Crippen LogP contribution >= 0.6 is 11.8 Å². The fourth-order valence-electron chi connectivity index (χ4n) is 2.61. The molecule has 0 aromatic heterocycles. The molecule has 4 nitrogen and oxygen atoms in total. The summed E-state index contributed by atoms with van der Waals surface area (Å²) in [5, 5.41) is 10.8. The van der Waals surface area contributed by atoms with Crippen LogP contribution < -0.4 is 0 Å². The number of nitro benzene ring substituents is 1. The average molecular weight is 407 g/mol. The summed E-state index contributed by atoms with van der Waals surface area (Å²) in [4.78, 5) is 23.8. The van der Waals surface area contributed by atoms with Crippen LogP contribution in [0.5, 0.6) is 0 Å². The quantitative estimate of drug-likeness (QED) is 0.202. The van der Waals surface area contributed by atoms with Gasteiger partial charge in [-0.3, -0.25) is 14.9 Å². The number of carbonyl (C=O) groups is 1. The molecule has 6 heteroatoms. The lowest BCUT2D eigenvalue weighted by Crippen LogP contribution is -2.01. The van der Waals surface area contributed by atoms with E-state index in [0.717, 1.165) is 11.1 Å². The Balaban J connectivity index is 1.88. The van der Waals surface area contributed by atoms with E-state index in [1.54, 1.807) is 18.2 Å². The van der Waals surface area contributed by atoms with E-state index in [1.165, 1.54) is 48.2 Å². The van der Waals surface area contributed by atoms with E-state index in [-0.39, 0.29) is 11.5 Å². The van der Waals surface area contributed by atoms with Gasteiger partial charge in [-0.1, -0.05) is 29.8 Å². The molecule has 0 heterocycles. The van der Waals surface area contributed by atoms with Gasteiger partial charge in [-0.25, -0.2) is 4.39 Å². The Bertz CT molecular complexity index is 1040. The van der Waals surface area contributed by atoms with Gasteiger partial charge in [-0.15, -0.1) is 11.8 Å². The number of Topliss-reactive ketones (excluding diaryl/α,β-unsaturated/α-hetero) is 1. The third kappa shape index (κ3) is 5.62. The van der Waals surface area contributed by atoms with Crippen molar-refractivity contribution in [3.05, 3.63) is 116 Å². The van der Waals surface area contributed by atoms with Gasteiger partial charge in [0.15, 0.2) is 5.78 Å². The highest BCUT2D eigenvalue weighted by Gasteiger charge is 2.14. The molecule has 0 amide bonds. The number of nitro groups is 1. The molecule has 0 aliphatic heterocycles. The molecule has 0 N–H and O–H groups in total. The molecule has 146 valence electrons. The van der Waals surface area contributed by atoms with Gasteiger partial charge in [0.25, 0.3) is 5.69 Å². The number of hydrogen-bond acceptors (Lipinski definition) is 4. The number of ketones is 1. The number of allylic oxidation sites excluding steroid dienone is 1. The number of benzene rings is 3. The van der Waals surface area contributed by atoms with E-state index >= 15 is 0 Å². The maximum absolute atomic E-state index is 13.2. The van der Waals surface area contributed by atoms with Crippen LogP contribution in [0, 0.1) is 22.9 Å². The maximum Gasteiger partial charge on any atom is 0.269 e. The number of aryl methyl sites for hydroxylation is 1. The lowest BCUT2D eigenvalue weighted by atomic mass is 10.1. The first-order valence-electron chi connectivity index (χ1n) is 8.87. The van der Waals surface area contributed by atoms with Crippen LogP contribution in [0.1, 0.15) is 27.0 Å². The minimum Gasteiger partial charge on any atom is -0.288 e. The van der Waals surface area contributed by atoms with Gasteiger partial charge in [-0.05, 0) is 60.5 Å². The Morgan fingerprint density at radius 3 is 2.21 bits per heavy atom. The SMILES string of the molecule is Cc1ccc(CS/C(=C\c2ccc([N+](=O)[O-])cc2)C(=O)c2ccc(F)cc2)cc1. The topological polar surface area (TPSA) is 60.2 Å². The van der Waals surface area contributed by atoms with Crippen LogP contribution in [0.4, 0.5) is 10.1 Å². The fourth-order valence-corrected chi connectivity index (χ4v) is 3.59. The number of non-ortho nitro benzene ring substituents is 1. The summed E-state index contributed by atoms with van der Waals surface area (Å²) in [7, 11) is 0. The largest absolute Gasteiger partial charge is 0.288 e. The first kappa shape index (κ1) is 20.5. The number of carbonyl (C=O) groups excluding carboxylic acids is 1. The standard InChI is InChI=1S/C23H18FNO3S/c1-16-2-4-18(5-3-16)15-29-22(23(26)19-8-10-20(24)11-9-19)14-17-6-12-21(13-7-17)25(27)28/h2-14H,15H2,1H3/b22-14-. The lowest BCUT2D eigenvalue weighted by molar-refractivity contribution is -0.384. The van der Waals surface area contributed by atoms with E-state index in [9.17, 15) is 19.3 Å². The molecular formula is C23H18FNO3S. The first-order chi connectivity index (χ1) is 13.9. The Morgan fingerprint density at radius 1 is 1.00 bits per heavy atom. The van der Waals surface area contributed by atoms with Crippen molar-refractivity contribution in [1.29, 1.82) is 0 Å². The minimum absolute atomic E-state index is 0.0131. The van der Waals surface area contributed by atoms with Crippen molar-refractivity contribution < 1.29 is 14.1 Å². The van der Waals surface area contributed by atoms with Crippen LogP contribution in [0.3, 0.4) is 0 Å². The van der Waals surface area contributed by atoms with Gasteiger partial charge in [0.1, 0.15) is 5.82 Å². The maximum atomic E-state index is 13.2. The highest BCUT2D eigenvalue weighted by Crippen LogP contribution is 2.28. The molecule has 0 spiro atoms. The number of halogens is 1. The van der Waals surface area contributed by atoms with Gasteiger partial charge in [-0.2, -0.15) is 0 Å². The predicted molar refractivity (Wildman–Crippen MR) is 114 cm³/mol. The molecule has 29 heavy (non-hydrogen) atoms. The number of nitrogens with zero attached hydrogens (tertiary/aromatic N) is 1. The van der Waals surface area contributed by atoms with Crippen LogP contribution in [0.15, 0.2) is 77.7 Å². The van der Waals surface area contributed by atoms with Crippen molar-refractivity contribution in [3.63, 3.8) is 0 Å². The second-order valence-corrected chi connectivity index (χ2v) is 7.48. The minimum atomic E-state index is -0.468. The summed E-state index contributed by atoms with van der Waals surface area (Å²) in [6.45, 7) is 2.01. The summed E-state index contributed by atoms with van der Waals surface area (Å²) in [6.07, 6.45) is 1.70. The molecule has 0 atom stereocenters.